The van der Waals surface area contributed by atoms with E-state index >= 15 is 0 Å². The molecule has 3 rings (SSSR count). The monoisotopic (exact) mass is 306 g/mol. The number of benzene rings is 1. The maximum absolute atomic E-state index is 12.7. The van der Waals surface area contributed by atoms with E-state index in [4.69, 9.17) is 4.52 Å². The Morgan fingerprint density at radius 1 is 1.41 bits per heavy atom. The van der Waals surface area contributed by atoms with Crippen molar-refractivity contribution in [1.29, 1.82) is 0 Å². The van der Waals surface area contributed by atoms with Crippen LogP contribution in [0.5, 0.6) is 0 Å². The summed E-state index contributed by atoms with van der Waals surface area (Å²) in [7, 11) is 0. The third-order valence-corrected chi connectivity index (χ3v) is 3.78. The van der Waals surface area contributed by atoms with Crippen LogP contribution in [0.1, 0.15) is 30.2 Å². The molecule has 0 amide bonds. The van der Waals surface area contributed by atoms with Gasteiger partial charge in [-0.1, -0.05) is 11.2 Å². The fourth-order valence-electron chi connectivity index (χ4n) is 2.58. The highest BCUT2D eigenvalue weighted by atomic mass is 19.1. The van der Waals surface area contributed by atoms with Crippen LogP contribution in [0.25, 0.3) is 11.4 Å². The van der Waals surface area contributed by atoms with Crippen molar-refractivity contribution < 1.29 is 13.8 Å². The van der Waals surface area contributed by atoms with Gasteiger partial charge in [0.2, 0.25) is 11.7 Å². The lowest BCUT2D eigenvalue weighted by Crippen LogP contribution is -2.26. The van der Waals surface area contributed by atoms with Gasteiger partial charge in [0, 0.05) is 12.0 Å². The molecule has 1 aliphatic heterocycles. The predicted octanol–water partition coefficient (Wildman–Crippen LogP) is 2.58. The normalized spacial score (nSPS) is 15.9. The summed E-state index contributed by atoms with van der Waals surface area (Å²) < 4.78 is 17.9. The highest BCUT2D eigenvalue weighted by molar-refractivity contribution is 5.68. The molecule has 116 valence electrons. The number of nitrogens with zero attached hydrogens (tertiary/aromatic N) is 3. The second kappa shape index (κ2) is 6.18. The van der Waals surface area contributed by atoms with Crippen molar-refractivity contribution in [2.45, 2.75) is 25.4 Å². The van der Waals surface area contributed by atoms with E-state index < -0.39 is 11.6 Å². The fraction of sp³-hybridized carbons (Fsp3) is 0.429. The van der Waals surface area contributed by atoms with Crippen LogP contribution in [0.15, 0.2) is 22.7 Å². The minimum atomic E-state index is -0.756. The van der Waals surface area contributed by atoms with Gasteiger partial charge in [-0.25, -0.2) is 4.39 Å². The lowest BCUT2D eigenvalue weighted by molar-refractivity contribution is -0.384. The molecule has 0 saturated carbocycles. The van der Waals surface area contributed by atoms with Crippen LogP contribution in [-0.4, -0.2) is 28.2 Å². The molecule has 2 heterocycles. The van der Waals surface area contributed by atoms with Crippen molar-refractivity contribution in [3.63, 3.8) is 0 Å². The van der Waals surface area contributed by atoms with Gasteiger partial charge in [0.15, 0.2) is 0 Å². The molecule has 2 aromatic rings. The van der Waals surface area contributed by atoms with Gasteiger partial charge < -0.3 is 9.84 Å². The Kier molecular flexibility index (Phi) is 4.10. The van der Waals surface area contributed by atoms with Crippen LogP contribution in [0, 0.1) is 10.1 Å². The van der Waals surface area contributed by atoms with Crippen LogP contribution in [0.2, 0.25) is 0 Å². The van der Waals surface area contributed by atoms with Crippen LogP contribution in [0.4, 0.5) is 10.1 Å². The van der Waals surface area contributed by atoms with Gasteiger partial charge in [0.1, 0.15) is 12.2 Å². The van der Waals surface area contributed by atoms with E-state index in [1.54, 1.807) is 0 Å². The van der Waals surface area contributed by atoms with Gasteiger partial charge in [0.25, 0.3) is 5.69 Å². The van der Waals surface area contributed by atoms with Crippen molar-refractivity contribution in [2.24, 2.45) is 0 Å². The number of nitro groups is 1. The number of aromatic nitrogens is 2. The molecule has 0 aliphatic carbocycles. The summed E-state index contributed by atoms with van der Waals surface area (Å²) >= 11 is 0. The number of nitro benzene ring substituents is 1. The van der Waals surface area contributed by atoms with E-state index in [9.17, 15) is 14.5 Å². The van der Waals surface area contributed by atoms with Crippen LogP contribution < -0.4 is 5.32 Å². The van der Waals surface area contributed by atoms with Gasteiger partial charge in [-0.2, -0.15) is 4.98 Å². The molecule has 1 aliphatic rings. The lowest BCUT2D eigenvalue weighted by atomic mass is 9.98. The SMILES string of the molecule is O=[N+]([O-])c1cc(CF)ccc1-c1noc(C2CCNCC2)n1. The van der Waals surface area contributed by atoms with Gasteiger partial charge >= 0.3 is 0 Å². The zero-order chi connectivity index (χ0) is 15.5. The Morgan fingerprint density at radius 3 is 2.86 bits per heavy atom. The van der Waals surface area contributed by atoms with Crippen LogP contribution in [-0.2, 0) is 6.67 Å². The highest BCUT2D eigenvalue weighted by Gasteiger charge is 2.25. The van der Waals surface area contributed by atoms with Gasteiger partial charge in [-0.05, 0) is 37.6 Å². The average molecular weight is 306 g/mol. The lowest BCUT2D eigenvalue weighted by Gasteiger charge is -2.18. The molecule has 1 saturated heterocycles. The summed E-state index contributed by atoms with van der Waals surface area (Å²) in [4.78, 5) is 14.9. The number of hydrogen-bond donors (Lipinski definition) is 1. The van der Waals surface area contributed by atoms with Crippen molar-refractivity contribution in [3.05, 3.63) is 39.8 Å². The van der Waals surface area contributed by atoms with Crippen molar-refractivity contribution in [2.75, 3.05) is 13.1 Å². The molecule has 0 atom stereocenters. The molecule has 1 fully saturated rings. The Balaban J connectivity index is 1.94. The molecule has 1 aromatic heterocycles. The largest absolute Gasteiger partial charge is 0.339 e. The molecular formula is C14H15FN4O3. The molecule has 0 bridgehead atoms. The molecule has 22 heavy (non-hydrogen) atoms. The summed E-state index contributed by atoms with van der Waals surface area (Å²) in [6.07, 6.45) is 1.79. The first kappa shape index (κ1) is 14.6. The number of alkyl halides is 1. The van der Waals surface area contributed by atoms with E-state index in [0.717, 1.165) is 25.9 Å². The molecule has 7 nitrogen and oxygen atoms in total. The minimum Gasteiger partial charge on any atom is -0.339 e. The number of piperidine rings is 1. The molecule has 0 unspecified atom stereocenters. The van der Waals surface area contributed by atoms with Crippen molar-refractivity contribution in [3.8, 4) is 11.4 Å². The molecular weight excluding hydrogens is 291 g/mol. The first-order valence-corrected chi connectivity index (χ1v) is 7.07. The Hall–Kier alpha value is -2.35. The van der Waals surface area contributed by atoms with E-state index in [2.05, 4.69) is 15.5 Å². The van der Waals surface area contributed by atoms with Gasteiger partial charge in [-0.15, -0.1) is 0 Å². The summed E-state index contributed by atoms with van der Waals surface area (Å²) in [6, 6.07) is 4.16. The Labute approximate surface area is 125 Å². The highest BCUT2D eigenvalue weighted by Crippen LogP contribution is 2.31. The quantitative estimate of drug-likeness (QED) is 0.689. The van der Waals surface area contributed by atoms with Crippen LogP contribution >= 0.6 is 0 Å². The molecule has 1 N–H and O–H groups in total. The Bertz CT molecular complexity index is 682. The zero-order valence-electron chi connectivity index (χ0n) is 11.8. The first-order chi connectivity index (χ1) is 10.7. The predicted molar refractivity (Wildman–Crippen MR) is 76.0 cm³/mol. The van der Waals surface area contributed by atoms with E-state index in [0.29, 0.717) is 5.89 Å². The second-order valence-electron chi connectivity index (χ2n) is 5.22. The summed E-state index contributed by atoms with van der Waals surface area (Å²) in [5.41, 5.74) is 0.275. The number of hydrogen-bond acceptors (Lipinski definition) is 6. The van der Waals surface area contributed by atoms with E-state index in [1.165, 1.54) is 18.2 Å². The number of nitrogens with one attached hydrogen (secondary N) is 1. The van der Waals surface area contributed by atoms with Crippen LogP contribution in [0.3, 0.4) is 0 Å². The zero-order valence-corrected chi connectivity index (χ0v) is 11.8. The third-order valence-electron chi connectivity index (χ3n) is 3.78. The molecule has 8 heteroatoms. The second-order valence-corrected chi connectivity index (χ2v) is 5.22. The maximum Gasteiger partial charge on any atom is 0.280 e. The first-order valence-electron chi connectivity index (χ1n) is 7.07. The average Bonchev–Trinajstić information content (AvgIpc) is 3.05. The maximum atomic E-state index is 12.7. The fourth-order valence-corrected chi connectivity index (χ4v) is 2.58. The minimum absolute atomic E-state index is 0.172. The summed E-state index contributed by atoms with van der Waals surface area (Å²) in [6.45, 7) is 1.01. The summed E-state index contributed by atoms with van der Waals surface area (Å²) in [5.74, 6) is 0.845. The van der Waals surface area contributed by atoms with Crippen molar-refractivity contribution >= 4 is 5.69 Å². The van der Waals surface area contributed by atoms with E-state index in [1.807, 2.05) is 0 Å². The summed E-state index contributed by atoms with van der Waals surface area (Å²) in [5, 5.41) is 18.3. The molecule has 0 radical (unpaired) electrons. The van der Waals surface area contributed by atoms with Gasteiger partial charge in [0.05, 0.1) is 4.92 Å². The van der Waals surface area contributed by atoms with Crippen molar-refractivity contribution in [1.82, 2.24) is 15.5 Å². The van der Waals surface area contributed by atoms with E-state index in [-0.39, 0.29) is 28.6 Å². The third kappa shape index (κ3) is 2.82. The smallest absolute Gasteiger partial charge is 0.280 e. The number of rotatable bonds is 4. The molecule has 0 spiro atoms. The van der Waals surface area contributed by atoms with Gasteiger partial charge in [-0.3, -0.25) is 10.1 Å². The standard InChI is InChI=1S/C14H15FN4O3/c15-8-9-1-2-11(12(7-9)19(20)21)13-17-14(22-18-13)10-3-5-16-6-4-10/h1-2,7,10,16H,3-6,8H2. The topological polar surface area (TPSA) is 94.1 Å². The number of halogens is 1. The Morgan fingerprint density at radius 2 is 2.18 bits per heavy atom. The molecule has 1 aromatic carbocycles.